The minimum atomic E-state index is 0.899. The summed E-state index contributed by atoms with van der Waals surface area (Å²) in [6, 6.07) is 14.3. The molecule has 0 amide bonds. The Morgan fingerprint density at radius 1 is 1.06 bits per heavy atom. The molecule has 0 aliphatic heterocycles. The third-order valence-electron chi connectivity index (χ3n) is 3.04. The molecule has 0 bridgehead atoms. The summed E-state index contributed by atoms with van der Waals surface area (Å²) in [5.41, 5.74) is 2.12. The Hall–Kier alpha value is -1.74. The molecule has 0 fully saturated rings. The van der Waals surface area contributed by atoms with Crippen LogP contribution in [0.15, 0.2) is 53.1 Å². The molecule has 0 aliphatic rings. The highest BCUT2D eigenvalue weighted by Gasteiger charge is 2.13. The molecule has 1 N–H and O–H groups in total. The monoisotopic (exact) mass is 301 g/mol. The molecule has 0 saturated heterocycles. The number of aromatic nitrogens is 1. The number of nitrogens with one attached hydrogen (secondary N) is 1. The van der Waals surface area contributed by atoms with Gasteiger partial charge in [-0.15, -0.1) is 0 Å². The molecule has 2 nitrogen and oxygen atoms in total. The van der Waals surface area contributed by atoms with Gasteiger partial charge in [-0.1, -0.05) is 40.2 Å². The van der Waals surface area contributed by atoms with Crippen molar-refractivity contribution in [3.05, 3.63) is 53.1 Å². The number of aromatic amines is 1. The van der Waals surface area contributed by atoms with Gasteiger partial charge >= 0.3 is 0 Å². The number of halogens is 1. The van der Waals surface area contributed by atoms with Gasteiger partial charge in [-0.2, -0.15) is 0 Å². The van der Waals surface area contributed by atoms with Gasteiger partial charge in [0.1, 0.15) is 5.75 Å². The largest absolute Gasteiger partial charge is 0.495 e. The fourth-order valence-electron chi connectivity index (χ4n) is 2.22. The lowest BCUT2D eigenvalue weighted by Gasteiger charge is -2.12. The van der Waals surface area contributed by atoms with E-state index >= 15 is 0 Å². The fraction of sp³-hybridized carbons (Fsp3) is 0.0667. The van der Waals surface area contributed by atoms with Crippen LogP contribution in [0.5, 0.6) is 5.75 Å². The number of rotatable bonds is 2. The van der Waals surface area contributed by atoms with Crippen LogP contribution in [0, 0.1) is 0 Å². The Balaban J connectivity index is 2.39. The van der Waals surface area contributed by atoms with Crippen molar-refractivity contribution < 1.29 is 4.74 Å². The molecule has 0 unspecified atom stereocenters. The quantitative estimate of drug-likeness (QED) is 0.735. The lowest BCUT2D eigenvalue weighted by molar-refractivity contribution is 0.421. The molecule has 3 aromatic rings. The number of hydrogen-bond donors (Lipinski definition) is 1. The van der Waals surface area contributed by atoms with Crippen molar-refractivity contribution in [2.24, 2.45) is 0 Å². The van der Waals surface area contributed by atoms with Gasteiger partial charge in [0.15, 0.2) is 0 Å². The molecule has 3 rings (SSSR count). The number of fused-ring (bicyclic) bond motifs is 1. The zero-order chi connectivity index (χ0) is 12.5. The highest BCUT2D eigenvalue weighted by molar-refractivity contribution is 9.10. The van der Waals surface area contributed by atoms with E-state index in [9.17, 15) is 0 Å². The van der Waals surface area contributed by atoms with Crippen LogP contribution in [-0.4, -0.2) is 12.1 Å². The Bertz CT molecular complexity index is 689. The molecule has 18 heavy (non-hydrogen) atoms. The average Bonchev–Trinajstić information content (AvgIpc) is 2.92. The van der Waals surface area contributed by atoms with E-state index < -0.39 is 0 Å². The lowest BCUT2D eigenvalue weighted by atomic mass is 10.0. The van der Waals surface area contributed by atoms with Crippen molar-refractivity contribution >= 4 is 26.7 Å². The normalized spacial score (nSPS) is 10.8. The molecule has 0 radical (unpaired) electrons. The van der Waals surface area contributed by atoms with Crippen LogP contribution in [0.4, 0.5) is 0 Å². The van der Waals surface area contributed by atoms with Crippen LogP contribution in [0.2, 0.25) is 0 Å². The minimum Gasteiger partial charge on any atom is -0.495 e. The molecule has 0 spiro atoms. The van der Waals surface area contributed by atoms with Gasteiger partial charge < -0.3 is 9.72 Å². The van der Waals surface area contributed by atoms with Gasteiger partial charge in [-0.25, -0.2) is 0 Å². The first kappa shape index (κ1) is 11.4. The number of H-pyrrole nitrogens is 1. The van der Waals surface area contributed by atoms with Gasteiger partial charge in [0.2, 0.25) is 0 Å². The SMILES string of the molecule is COc1c(-c2ccc[nH]2)cc(Br)c2ccccc12. The Labute approximate surface area is 114 Å². The summed E-state index contributed by atoms with van der Waals surface area (Å²) < 4.78 is 6.67. The Morgan fingerprint density at radius 2 is 1.83 bits per heavy atom. The van der Waals surface area contributed by atoms with E-state index in [-0.39, 0.29) is 0 Å². The predicted molar refractivity (Wildman–Crippen MR) is 78.0 cm³/mol. The molecule has 1 aromatic heterocycles. The maximum absolute atomic E-state index is 5.60. The van der Waals surface area contributed by atoms with Gasteiger partial charge in [-0.05, 0) is 23.6 Å². The third-order valence-corrected chi connectivity index (χ3v) is 3.69. The van der Waals surface area contributed by atoms with Crippen LogP contribution < -0.4 is 4.74 Å². The van der Waals surface area contributed by atoms with Crippen LogP contribution in [-0.2, 0) is 0 Å². The number of methoxy groups -OCH3 is 1. The molecule has 1 heterocycles. The summed E-state index contributed by atoms with van der Waals surface area (Å²) in [6.45, 7) is 0. The summed E-state index contributed by atoms with van der Waals surface area (Å²) in [5.74, 6) is 0.899. The topological polar surface area (TPSA) is 25.0 Å². The van der Waals surface area contributed by atoms with Crippen molar-refractivity contribution in [2.75, 3.05) is 7.11 Å². The summed E-state index contributed by atoms with van der Waals surface area (Å²) >= 11 is 3.63. The van der Waals surface area contributed by atoms with Gasteiger partial charge in [0, 0.05) is 27.3 Å². The van der Waals surface area contributed by atoms with Crippen LogP contribution >= 0.6 is 15.9 Å². The van der Waals surface area contributed by atoms with E-state index in [0.29, 0.717) is 0 Å². The van der Waals surface area contributed by atoms with Crippen molar-refractivity contribution in [1.29, 1.82) is 0 Å². The standard InChI is InChI=1S/C15H12BrNO/c1-18-15-11-6-3-2-5-10(11)13(16)9-12(15)14-7-4-8-17-14/h2-9,17H,1H3. The maximum atomic E-state index is 5.60. The second-order valence-corrected chi connectivity index (χ2v) is 4.92. The third kappa shape index (κ3) is 1.71. The first-order valence-corrected chi connectivity index (χ1v) is 6.49. The van der Waals surface area contributed by atoms with E-state index in [4.69, 9.17) is 4.74 Å². The van der Waals surface area contributed by atoms with E-state index in [1.807, 2.05) is 30.5 Å². The summed E-state index contributed by atoms with van der Waals surface area (Å²) in [6.07, 6.45) is 1.91. The van der Waals surface area contributed by atoms with E-state index in [2.05, 4.69) is 39.1 Å². The minimum absolute atomic E-state index is 0.899. The highest BCUT2D eigenvalue weighted by atomic mass is 79.9. The Morgan fingerprint density at radius 3 is 2.50 bits per heavy atom. The fourth-order valence-corrected chi connectivity index (χ4v) is 2.80. The van der Waals surface area contributed by atoms with E-state index in [0.717, 1.165) is 32.3 Å². The Kier molecular flexibility index (Phi) is 2.84. The zero-order valence-corrected chi connectivity index (χ0v) is 11.5. The first-order chi connectivity index (χ1) is 8.81. The predicted octanol–water partition coefficient (Wildman–Crippen LogP) is 4.61. The molecule has 3 heteroatoms. The average molecular weight is 302 g/mol. The maximum Gasteiger partial charge on any atom is 0.136 e. The van der Waals surface area contributed by atoms with Crippen LogP contribution in [0.1, 0.15) is 0 Å². The molecule has 90 valence electrons. The molecule has 2 aromatic carbocycles. The van der Waals surface area contributed by atoms with Gasteiger partial charge in [-0.3, -0.25) is 0 Å². The van der Waals surface area contributed by atoms with E-state index in [1.54, 1.807) is 7.11 Å². The second kappa shape index (κ2) is 4.50. The smallest absolute Gasteiger partial charge is 0.136 e. The molecular formula is C15H12BrNO. The van der Waals surface area contributed by atoms with Crippen molar-refractivity contribution in [1.82, 2.24) is 4.98 Å². The van der Waals surface area contributed by atoms with Crippen molar-refractivity contribution in [2.45, 2.75) is 0 Å². The first-order valence-electron chi connectivity index (χ1n) is 5.70. The van der Waals surface area contributed by atoms with Gasteiger partial charge in [0.05, 0.1) is 7.11 Å². The molecule has 0 aliphatic carbocycles. The number of hydrogen-bond acceptors (Lipinski definition) is 1. The highest BCUT2D eigenvalue weighted by Crippen LogP contribution is 2.39. The molecule has 0 atom stereocenters. The van der Waals surface area contributed by atoms with Crippen LogP contribution in [0.25, 0.3) is 22.0 Å². The molecule has 0 saturated carbocycles. The van der Waals surface area contributed by atoms with E-state index in [1.165, 1.54) is 0 Å². The second-order valence-electron chi connectivity index (χ2n) is 4.07. The summed E-state index contributed by atoms with van der Waals surface area (Å²) in [7, 11) is 1.71. The number of benzene rings is 2. The van der Waals surface area contributed by atoms with Gasteiger partial charge in [0.25, 0.3) is 0 Å². The zero-order valence-electron chi connectivity index (χ0n) is 9.91. The summed E-state index contributed by atoms with van der Waals surface area (Å²) in [4.78, 5) is 3.22. The molecular weight excluding hydrogens is 290 g/mol. The van der Waals surface area contributed by atoms with Crippen molar-refractivity contribution in [3.8, 4) is 17.0 Å². The van der Waals surface area contributed by atoms with Crippen molar-refractivity contribution in [3.63, 3.8) is 0 Å². The summed E-state index contributed by atoms with van der Waals surface area (Å²) in [5, 5.41) is 2.27. The van der Waals surface area contributed by atoms with Crippen LogP contribution in [0.3, 0.4) is 0 Å². The lowest BCUT2D eigenvalue weighted by Crippen LogP contribution is -1.91. The number of ether oxygens (including phenoxy) is 1.